The van der Waals surface area contributed by atoms with Gasteiger partial charge in [-0.3, -0.25) is 4.90 Å². The van der Waals surface area contributed by atoms with E-state index in [1.165, 1.54) is 29.7 Å². The summed E-state index contributed by atoms with van der Waals surface area (Å²) in [5, 5.41) is 0. The summed E-state index contributed by atoms with van der Waals surface area (Å²) in [6.07, 6.45) is 4.32. The largest absolute Gasteiger partial charge is 0.329 e. The minimum atomic E-state index is 0.421. The lowest BCUT2D eigenvalue weighted by Gasteiger charge is -2.29. The van der Waals surface area contributed by atoms with E-state index in [2.05, 4.69) is 89.6 Å². The Morgan fingerprint density at radius 2 is 1.69 bits per heavy atom. The third-order valence-corrected chi connectivity index (χ3v) is 5.23. The Labute approximate surface area is 155 Å². The molecule has 2 heterocycles. The average molecular weight is 343 g/mol. The second-order valence-corrected chi connectivity index (χ2v) is 6.92. The highest BCUT2D eigenvalue weighted by Gasteiger charge is 2.29. The van der Waals surface area contributed by atoms with Crippen molar-refractivity contribution in [1.82, 2.24) is 9.88 Å². The fraction of sp³-hybridized carbons (Fsp3) is 0.261. The van der Waals surface area contributed by atoms with Gasteiger partial charge in [0.25, 0.3) is 0 Å². The first-order chi connectivity index (χ1) is 12.8. The quantitative estimate of drug-likeness (QED) is 0.636. The lowest BCUT2D eigenvalue weighted by Crippen LogP contribution is -2.25. The highest BCUT2D eigenvalue weighted by molar-refractivity contribution is 5.62. The molecule has 1 unspecified atom stereocenters. The molecule has 0 saturated carbocycles. The summed E-state index contributed by atoms with van der Waals surface area (Å²) in [7, 11) is 2.11. The number of para-hydroxylation sites is 1. The van der Waals surface area contributed by atoms with Gasteiger partial charge in [0.1, 0.15) is 5.82 Å². The van der Waals surface area contributed by atoms with Gasteiger partial charge in [-0.25, -0.2) is 4.98 Å². The zero-order valence-corrected chi connectivity index (χ0v) is 15.3. The Balaban J connectivity index is 1.63. The third-order valence-electron chi connectivity index (χ3n) is 5.23. The Morgan fingerprint density at radius 1 is 0.962 bits per heavy atom. The Morgan fingerprint density at radius 3 is 2.46 bits per heavy atom. The van der Waals surface area contributed by atoms with E-state index in [4.69, 9.17) is 4.98 Å². The molecule has 0 spiro atoms. The van der Waals surface area contributed by atoms with Crippen molar-refractivity contribution in [3.8, 4) is 0 Å². The van der Waals surface area contributed by atoms with Gasteiger partial charge in [0.15, 0.2) is 0 Å². The lowest BCUT2D eigenvalue weighted by atomic mass is 10.0. The van der Waals surface area contributed by atoms with Crippen molar-refractivity contribution < 1.29 is 0 Å². The van der Waals surface area contributed by atoms with Gasteiger partial charge in [0, 0.05) is 37.1 Å². The molecule has 1 atom stereocenters. The number of aromatic nitrogens is 1. The molecule has 3 aromatic rings. The predicted molar refractivity (Wildman–Crippen MR) is 108 cm³/mol. The second-order valence-electron chi connectivity index (χ2n) is 6.92. The van der Waals surface area contributed by atoms with Crippen molar-refractivity contribution >= 4 is 11.5 Å². The molecule has 4 rings (SSSR count). The van der Waals surface area contributed by atoms with Gasteiger partial charge in [-0.05, 0) is 43.1 Å². The molecule has 0 radical (unpaired) electrons. The first kappa shape index (κ1) is 16.8. The molecule has 1 fully saturated rings. The SMILES string of the molecule is CN(c1ccccc1)c1ncccc1C1CCCN1Cc1ccccc1. The van der Waals surface area contributed by atoms with Gasteiger partial charge < -0.3 is 4.90 Å². The van der Waals surface area contributed by atoms with Gasteiger partial charge in [-0.2, -0.15) is 0 Å². The molecular formula is C23H25N3. The Kier molecular flexibility index (Phi) is 4.98. The normalized spacial score (nSPS) is 17.3. The van der Waals surface area contributed by atoms with E-state index < -0.39 is 0 Å². The van der Waals surface area contributed by atoms with Crippen molar-refractivity contribution in [1.29, 1.82) is 0 Å². The summed E-state index contributed by atoms with van der Waals surface area (Å²) in [6, 6.07) is 26.0. The number of hydrogen-bond donors (Lipinski definition) is 0. The summed E-state index contributed by atoms with van der Waals surface area (Å²) in [5.41, 5.74) is 3.87. The molecule has 1 aliphatic heterocycles. The number of anilines is 2. The average Bonchev–Trinajstić information content (AvgIpc) is 3.17. The molecule has 1 aromatic heterocycles. The minimum Gasteiger partial charge on any atom is -0.329 e. The van der Waals surface area contributed by atoms with E-state index >= 15 is 0 Å². The van der Waals surface area contributed by atoms with Crippen LogP contribution in [0.25, 0.3) is 0 Å². The molecule has 0 bridgehead atoms. The van der Waals surface area contributed by atoms with Gasteiger partial charge in [0.2, 0.25) is 0 Å². The maximum Gasteiger partial charge on any atom is 0.137 e. The molecule has 0 amide bonds. The molecule has 3 nitrogen and oxygen atoms in total. The standard InChI is InChI=1S/C23H25N3/c1-25(20-12-6-3-7-13-20)23-21(14-8-16-24-23)22-15-9-17-26(22)18-19-10-4-2-5-11-19/h2-8,10-14,16,22H,9,15,17-18H2,1H3. The zero-order valence-electron chi connectivity index (χ0n) is 15.3. The van der Waals surface area contributed by atoms with Gasteiger partial charge in [-0.15, -0.1) is 0 Å². The topological polar surface area (TPSA) is 19.4 Å². The van der Waals surface area contributed by atoms with E-state index in [9.17, 15) is 0 Å². The van der Waals surface area contributed by atoms with E-state index in [0.29, 0.717) is 6.04 Å². The zero-order chi connectivity index (χ0) is 17.8. The number of hydrogen-bond acceptors (Lipinski definition) is 3. The monoisotopic (exact) mass is 343 g/mol. The van der Waals surface area contributed by atoms with E-state index in [0.717, 1.165) is 18.9 Å². The van der Waals surface area contributed by atoms with Crippen molar-refractivity contribution in [3.05, 3.63) is 90.1 Å². The van der Waals surface area contributed by atoms with Crippen LogP contribution in [-0.4, -0.2) is 23.5 Å². The summed E-state index contributed by atoms with van der Waals surface area (Å²) in [4.78, 5) is 9.53. The van der Waals surface area contributed by atoms with Crippen LogP contribution >= 0.6 is 0 Å². The molecule has 132 valence electrons. The van der Waals surface area contributed by atoms with Crippen LogP contribution in [0.1, 0.15) is 30.0 Å². The van der Waals surface area contributed by atoms with Crippen molar-refractivity contribution in [2.24, 2.45) is 0 Å². The van der Waals surface area contributed by atoms with Crippen LogP contribution in [0.5, 0.6) is 0 Å². The first-order valence-electron chi connectivity index (χ1n) is 9.34. The van der Waals surface area contributed by atoms with Gasteiger partial charge in [0.05, 0.1) is 0 Å². The Hall–Kier alpha value is -2.65. The summed E-state index contributed by atoms with van der Waals surface area (Å²) >= 11 is 0. The maximum atomic E-state index is 4.74. The van der Waals surface area contributed by atoms with Crippen molar-refractivity contribution in [2.75, 3.05) is 18.5 Å². The van der Waals surface area contributed by atoms with Crippen molar-refractivity contribution in [3.63, 3.8) is 0 Å². The number of nitrogens with zero attached hydrogens (tertiary/aromatic N) is 3. The minimum absolute atomic E-state index is 0.421. The van der Waals surface area contributed by atoms with Crippen molar-refractivity contribution in [2.45, 2.75) is 25.4 Å². The Bertz CT molecular complexity index is 832. The van der Waals surface area contributed by atoms with E-state index in [-0.39, 0.29) is 0 Å². The third kappa shape index (κ3) is 3.49. The van der Waals surface area contributed by atoms with E-state index in [1.54, 1.807) is 0 Å². The van der Waals surface area contributed by atoms with Gasteiger partial charge >= 0.3 is 0 Å². The molecular weight excluding hydrogens is 318 g/mol. The molecule has 1 saturated heterocycles. The first-order valence-corrected chi connectivity index (χ1v) is 9.34. The number of benzene rings is 2. The number of pyridine rings is 1. The summed E-state index contributed by atoms with van der Waals surface area (Å²) in [5.74, 6) is 1.06. The number of likely N-dealkylation sites (tertiary alicyclic amines) is 1. The molecule has 26 heavy (non-hydrogen) atoms. The maximum absolute atomic E-state index is 4.74. The highest BCUT2D eigenvalue weighted by atomic mass is 15.2. The number of rotatable bonds is 5. The molecule has 2 aromatic carbocycles. The van der Waals surface area contributed by atoms with E-state index in [1.807, 2.05) is 6.20 Å². The molecule has 1 aliphatic rings. The highest BCUT2D eigenvalue weighted by Crippen LogP contribution is 2.38. The summed E-state index contributed by atoms with van der Waals surface area (Å²) in [6.45, 7) is 2.14. The van der Waals surface area contributed by atoms with Crippen LogP contribution < -0.4 is 4.90 Å². The van der Waals surface area contributed by atoms with Crippen LogP contribution in [0, 0.1) is 0 Å². The molecule has 0 aliphatic carbocycles. The van der Waals surface area contributed by atoms with Crippen LogP contribution in [0.3, 0.4) is 0 Å². The van der Waals surface area contributed by atoms with Crippen LogP contribution in [0.4, 0.5) is 11.5 Å². The van der Waals surface area contributed by atoms with Gasteiger partial charge in [-0.1, -0.05) is 54.6 Å². The summed E-state index contributed by atoms with van der Waals surface area (Å²) < 4.78 is 0. The fourth-order valence-corrected chi connectivity index (χ4v) is 3.91. The van der Waals surface area contributed by atoms with Crippen LogP contribution in [-0.2, 0) is 6.54 Å². The second kappa shape index (κ2) is 7.71. The molecule has 3 heteroatoms. The van der Waals surface area contributed by atoms with Crippen LogP contribution in [0.2, 0.25) is 0 Å². The molecule has 0 N–H and O–H groups in total. The fourth-order valence-electron chi connectivity index (χ4n) is 3.91. The predicted octanol–water partition coefficient (Wildman–Crippen LogP) is 5.19. The van der Waals surface area contributed by atoms with Crippen LogP contribution in [0.15, 0.2) is 79.0 Å². The smallest absolute Gasteiger partial charge is 0.137 e. The lowest BCUT2D eigenvalue weighted by molar-refractivity contribution is 0.248.